The van der Waals surface area contributed by atoms with Crippen molar-refractivity contribution < 1.29 is 14.0 Å². The molecule has 0 fully saturated rings. The first-order chi connectivity index (χ1) is 11.0. The Balaban J connectivity index is 1.80. The van der Waals surface area contributed by atoms with Crippen molar-refractivity contribution in [3.8, 4) is 0 Å². The van der Waals surface area contributed by atoms with Crippen molar-refractivity contribution in [3.63, 3.8) is 0 Å². The Morgan fingerprint density at radius 2 is 1.83 bits per heavy atom. The van der Waals surface area contributed by atoms with Crippen LogP contribution < -0.4 is 5.32 Å². The van der Waals surface area contributed by atoms with Crippen LogP contribution in [-0.2, 0) is 4.79 Å². The number of aryl methyl sites for hydroxylation is 1. The Labute approximate surface area is 143 Å². The molecule has 0 aliphatic rings. The lowest BCUT2D eigenvalue weighted by atomic mass is 10.1. The number of thioether (sulfide) groups is 1. The first-order valence-electron chi connectivity index (χ1n) is 6.88. The van der Waals surface area contributed by atoms with Crippen molar-refractivity contribution in [2.45, 2.75) is 6.92 Å². The number of ketones is 1. The number of anilines is 1. The molecule has 0 radical (unpaired) electrons. The number of benzene rings is 2. The van der Waals surface area contributed by atoms with E-state index in [1.807, 2.05) is 6.92 Å². The Hall–Kier alpha value is -1.85. The fraction of sp³-hybridized carbons (Fsp3) is 0.176. The van der Waals surface area contributed by atoms with Gasteiger partial charge in [0.2, 0.25) is 5.91 Å². The topological polar surface area (TPSA) is 46.2 Å². The minimum absolute atomic E-state index is 0.134. The summed E-state index contributed by atoms with van der Waals surface area (Å²) in [5.74, 6) is -0.377. The van der Waals surface area contributed by atoms with Crippen molar-refractivity contribution in [2.75, 3.05) is 16.8 Å². The first-order valence-corrected chi connectivity index (χ1v) is 8.41. The number of carbonyl (C=O) groups excluding carboxylic acids is 2. The Kier molecular flexibility index (Phi) is 6.19. The summed E-state index contributed by atoms with van der Waals surface area (Å²) in [7, 11) is 0. The highest BCUT2D eigenvalue weighted by molar-refractivity contribution is 8.00. The van der Waals surface area contributed by atoms with Gasteiger partial charge >= 0.3 is 0 Å². The maximum Gasteiger partial charge on any atom is 0.234 e. The summed E-state index contributed by atoms with van der Waals surface area (Å²) in [6.45, 7) is 1.85. The minimum atomic E-state index is -0.382. The molecule has 2 rings (SSSR count). The number of amides is 1. The molecule has 0 aliphatic heterocycles. The van der Waals surface area contributed by atoms with E-state index in [1.165, 1.54) is 36.0 Å². The largest absolute Gasteiger partial charge is 0.325 e. The van der Waals surface area contributed by atoms with E-state index in [-0.39, 0.29) is 29.0 Å². The van der Waals surface area contributed by atoms with Crippen molar-refractivity contribution in [2.24, 2.45) is 0 Å². The average molecular weight is 352 g/mol. The summed E-state index contributed by atoms with van der Waals surface area (Å²) in [6, 6.07) is 10.6. The molecule has 120 valence electrons. The number of hydrogen-bond acceptors (Lipinski definition) is 3. The zero-order chi connectivity index (χ0) is 16.8. The number of hydrogen-bond donors (Lipinski definition) is 1. The molecule has 0 atom stereocenters. The van der Waals surface area contributed by atoms with E-state index in [4.69, 9.17) is 11.6 Å². The summed E-state index contributed by atoms with van der Waals surface area (Å²) < 4.78 is 12.8. The molecule has 3 nitrogen and oxygen atoms in total. The van der Waals surface area contributed by atoms with Gasteiger partial charge in [0.15, 0.2) is 5.78 Å². The van der Waals surface area contributed by atoms with Gasteiger partial charge in [0, 0.05) is 16.3 Å². The van der Waals surface area contributed by atoms with Gasteiger partial charge in [-0.1, -0.05) is 11.6 Å². The van der Waals surface area contributed by atoms with E-state index >= 15 is 0 Å². The second-order valence-corrected chi connectivity index (χ2v) is 6.35. The standard InChI is InChI=1S/C17H15ClFNO2S/c1-11-8-13(18)4-7-15(11)20-17(22)10-23-9-16(21)12-2-5-14(19)6-3-12/h2-8H,9-10H2,1H3,(H,20,22). The van der Waals surface area contributed by atoms with Gasteiger partial charge in [-0.25, -0.2) is 4.39 Å². The molecular weight excluding hydrogens is 337 g/mol. The molecule has 0 saturated heterocycles. The second kappa shape index (κ2) is 8.13. The molecule has 23 heavy (non-hydrogen) atoms. The predicted octanol–water partition coefficient (Wildman–Crippen LogP) is 4.34. The lowest BCUT2D eigenvalue weighted by Gasteiger charge is -2.08. The fourth-order valence-corrected chi connectivity index (χ4v) is 2.85. The molecule has 2 aromatic carbocycles. The van der Waals surface area contributed by atoms with Gasteiger partial charge < -0.3 is 5.32 Å². The number of nitrogens with one attached hydrogen (secondary N) is 1. The van der Waals surface area contributed by atoms with E-state index in [9.17, 15) is 14.0 Å². The normalized spacial score (nSPS) is 10.4. The van der Waals surface area contributed by atoms with E-state index in [2.05, 4.69) is 5.32 Å². The molecule has 0 heterocycles. The van der Waals surface area contributed by atoms with E-state index in [1.54, 1.807) is 18.2 Å². The van der Waals surface area contributed by atoms with Gasteiger partial charge in [-0.2, -0.15) is 0 Å². The van der Waals surface area contributed by atoms with Crippen LogP contribution in [0.1, 0.15) is 15.9 Å². The highest BCUT2D eigenvalue weighted by atomic mass is 35.5. The second-order valence-electron chi connectivity index (χ2n) is 4.93. The SMILES string of the molecule is Cc1cc(Cl)ccc1NC(=O)CSCC(=O)c1ccc(F)cc1. The van der Waals surface area contributed by atoms with Crippen molar-refractivity contribution in [3.05, 3.63) is 64.4 Å². The summed E-state index contributed by atoms with van der Waals surface area (Å²) in [4.78, 5) is 23.8. The minimum Gasteiger partial charge on any atom is -0.325 e. The Bertz CT molecular complexity index is 719. The molecule has 2 aromatic rings. The van der Waals surface area contributed by atoms with Gasteiger partial charge in [-0.3, -0.25) is 9.59 Å². The van der Waals surface area contributed by atoms with Crippen molar-refractivity contribution in [1.82, 2.24) is 0 Å². The van der Waals surface area contributed by atoms with Crippen LogP contribution in [-0.4, -0.2) is 23.2 Å². The Morgan fingerprint density at radius 1 is 1.13 bits per heavy atom. The van der Waals surface area contributed by atoms with Crippen LogP contribution in [0.3, 0.4) is 0 Å². The van der Waals surface area contributed by atoms with Crippen LogP contribution >= 0.6 is 23.4 Å². The summed E-state index contributed by atoms with van der Waals surface area (Å²) in [6.07, 6.45) is 0. The van der Waals surface area contributed by atoms with Crippen LogP contribution in [0.4, 0.5) is 10.1 Å². The molecule has 1 amide bonds. The third-order valence-electron chi connectivity index (χ3n) is 3.10. The van der Waals surface area contributed by atoms with Gasteiger partial charge in [0.25, 0.3) is 0 Å². The Morgan fingerprint density at radius 3 is 2.48 bits per heavy atom. The van der Waals surface area contributed by atoms with Gasteiger partial charge in [0.05, 0.1) is 11.5 Å². The number of carbonyl (C=O) groups is 2. The number of rotatable bonds is 6. The van der Waals surface area contributed by atoms with Crippen LogP contribution in [0.15, 0.2) is 42.5 Å². The monoisotopic (exact) mass is 351 g/mol. The third-order valence-corrected chi connectivity index (χ3v) is 4.26. The van der Waals surface area contributed by atoms with Crippen LogP contribution in [0.2, 0.25) is 5.02 Å². The summed E-state index contributed by atoms with van der Waals surface area (Å²) in [5.41, 5.74) is 2.01. The van der Waals surface area contributed by atoms with Gasteiger partial charge in [-0.05, 0) is 55.0 Å². The molecule has 6 heteroatoms. The molecule has 0 saturated carbocycles. The molecule has 0 unspecified atom stereocenters. The maximum atomic E-state index is 12.8. The van der Waals surface area contributed by atoms with Crippen LogP contribution in [0.25, 0.3) is 0 Å². The lowest BCUT2D eigenvalue weighted by Crippen LogP contribution is -2.16. The fourth-order valence-electron chi connectivity index (χ4n) is 1.91. The van der Waals surface area contributed by atoms with E-state index in [0.29, 0.717) is 16.3 Å². The van der Waals surface area contributed by atoms with Crippen LogP contribution in [0, 0.1) is 12.7 Å². The van der Waals surface area contributed by atoms with Crippen molar-refractivity contribution in [1.29, 1.82) is 0 Å². The molecule has 0 spiro atoms. The molecule has 1 N–H and O–H groups in total. The quantitative estimate of drug-likeness (QED) is 0.787. The lowest BCUT2D eigenvalue weighted by molar-refractivity contribution is -0.113. The highest BCUT2D eigenvalue weighted by Gasteiger charge is 2.09. The van der Waals surface area contributed by atoms with Gasteiger partial charge in [-0.15, -0.1) is 11.8 Å². The highest BCUT2D eigenvalue weighted by Crippen LogP contribution is 2.20. The smallest absolute Gasteiger partial charge is 0.234 e. The predicted molar refractivity (Wildman–Crippen MR) is 92.9 cm³/mol. The van der Waals surface area contributed by atoms with Gasteiger partial charge in [0.1, 0.15) is 5.82 Å². The summed E-state index contributed by atoms with van der Waals surface area (Å²) >= 11 is 7.08. The van der Waals surface area contributed by atoms with E-state index < -0.39 is 0 Å². The molecule has 0 aliphatic carbocycles. The van der Waals surface area contributed by atoms with Crippen molar-refractivity contribution >= 4 is 40.7 Å². The molecule has 0 bridgehead atoms. The zero-order valence-electron chi connectivity index (χ0n) is 12.4. The maximum absolute atomic E-state index is 12.8. The molecular formula is C17H15ClFNO2S. The first kappa shape index (κ1) is 17.5. The summed E-state index contributed by atoms with van der Waals surface area (Å²) in [5, 5.41) is 3.39. The number of Topliss-reactive ketones (excluding diaryl/α,β-unsaturated/α-hetero) is 1. The third kappa shape index (κ3) is 5.37. The zero-order valence-corrected chi connectivity index (χ0v) is 14.0. The average Bonchev–Trinajstić information content (AvgIpc) is 2.50. The number of halogens is 2. The van der Waals surface area contributed by atoms with Crippen LogP contribution in [0.5, 0.6) is 0 Å². The van der Waals surface area contributed by atoms with E-state index in [0.717, 1.165) is 5.56 Å². The molecule has 0 aromatic heterocycles.